The minimum absolute atomic E-state index is 0.0159. The van der Waals surface area contributed by atoms with Crippen LogP contribution in [0, 0.1) is 19.8 Å². The highest BCUT2D eigenvalue weighted by molar-refractivity contribution is 5.99. The first kappa shape index (κ1) is 16.7. The van der Waals surface area contributed by atoms with E-state index in [1.54, 1.807) is 7.11 Å². The van der Waals surface area contributed by atoms with Gasteiger partial charge in [0, 0.05) is 22.2 Å². The lowest BCUT2D eigenvalue weighted by atomic mass is 10.0. The molecule has 1 heterocycles. The Hall–Kier alpha value is -2.75. The first-order valence-electron chi connectivity index (χ1n) is 9.10. The van der Waals surface area contributed by atoms with Crippen LogP contribution in [0.5, 0.6) is 5.75 Å². The van der Waals surface area contributed by atoms with E-state index < -0.39 is 0 Å². The number of methoxy groups -OCH3 is 1. The Balaban J connectivity index is 1.59. The standard InChI is InChI=1S/C22H24N2O2/c1-13-14(2)23-20-11-8-17(12-19(13)20)22(25)24-21(15-4-5-15)16-6-9-18(26-3)10-7-16/h6-12,15,21,23H,4-5H2,1-3H3,(H,24,25)/t21-/m0/s1. The number of aromatic amines is 1. The number of fused-ring (bicyclic) bond motifs is 1. The molecule has 2 N–H and O–H groups in total. The molecule has 4 heteroatoms. The lowest BCUT2D eigenvalue weighted by Crippen LogP contribution is -2.29. The Bertz CT molecular complexity index is 952. The number of nitrogens with one attached hydrogen (secondary N) is 2. The Morgan fingerprint density at radius 2 is 1.88 bits per heavy atom. The van der Waals surface area contributed by atoms with Crippen LogP contribution in [-0.4, -0.2) is 18.0 Å². The molecule has 0 aliphatic heterocycles. The lowest BCUT2D eigenvalue weighted by Gasteiger charge is -2.19. The molecule has 26 heavy (non-hydrogen) atoms. The van der Waals surface area contributed by atoms with E-state index in [0.717, 1.165) is 40.8 Å². The molecule has 1 amide bonds. The molecule has 0 unspecified atom stereocenters. The minimum Gasteiger partial charge on any atom is -0.497 e. The summed E-state index contributed by atoms with van der Waals surface area (Å²) in [7, 11) is 1.66. The third-order valence-corrected chi connectivity index (χ3v) is 5.43. The highest BCUT2D eigenvalue weighted by Crippen LogP contribution is 2.41. The average Bonchev–Trinajstić information content (AvgIpc) is 3.46. The molecule has 4 nitrogen and oxygen atoms in total. The van der Waals surface area contributed by atoms with Crippen LogP contribution in [0.15, 0.2) is 42.5 Å². The fourth-order valence-electron chi connectivity index (χ4n) is 3.54. The molecule has 134 valence electrons. The summed E-state index contributed by atoms with van der Waals surface area (Å²) in [5, 5.41) is 4.36. The molecule has 1 saturated carbocycles. The van der Waals surface area contributed by atoms with E-state index in [9.17, 15) is 4.79 Å². The molecule has 1 aliphatic carbocycles. The van der Waals surface area contributed by atoms with E-state index >= 15 is 0 Å². The second-order valence-electron chi connectivity index (χ2n) is 7.20. The van der Waals surface area contributed by atoms with Gasteiger partial charge in [0.1, 0.15) is 5.75 Å². The number of H-pyrrole nitrogens is 1. The normalized spacial score (nSPS) is 15.0. The van der Waals surface area contributed by atoms with Gasteiger partial charge >= 0.3 is 0 Å². The molecule has 4 rings (SSSR count). The number of aromatic nitrogens is 1. The van der Waals surface area contributed by atoms with Crippen LogP contribution in [0.1, 0.15) is 46.1 Å². The van der Waals surface area contributed by atoms with Gasteiger partial charge in [-0.1, -0.05) is 12.1 Å². The van der Waals surface area contributed by atoms with E-state index in [0.29, 0.717) is 11.5 Å². The van der Waals surface area contributed by atoms with Crippen molar-refractivity contribution < 1.29 is 9.53 Å². The number of hydrogen-bond acceptors (Lipinski definition) is 2. The summed E-state index contributed by atoms with van der Waals surface area (Å²) in [6.45, 7) is 4.14. The van der Waals surface area contributed by atoms with Gasteiger partial charge in [-0.05, 0) is 74.1 Å². The van der Waals surface area contributed by atoms with Crippen molar-refractivity contribution in [3.8, 4) is 5.75 Å². The number of ether oxygens (including phenoxy) is 1. The van der Waals surface area contributed by atoms with Gasteiger partial charge in [0.25, 0.3) is 5.91 Å². The van der Waals surface area contributed by atoms with Gasteiger partial charge in [0.2, 0.25) is 0 Å². The smallest absolute Gasteiger partial charge is 0.251 e. The molecule has 0 spiro atoms. The summed E-state index contributed by atoms with van der Waals surface area (Å²) in [5.41, 5.74) is 5.26. The molecular weight excluding hydrogens is 324 g/mol. The van der Waals surface area contributed by atoms with Crippen molar-refractivity contribution in [2.45, 2.75) is 32.7 Å². The van der Waals surface area contributed by atoms with Crippen molar-refractivity contribution in [3.63, 3.8) is 0 Å². The second kappa shape index (κ2) is 6.52. The van der Waals surface area contributed by atoms with E-state index in [4.69, 9.17) is 4.74 Å². The summed E-state index contributed by atoms with van der Waals surface area (Å²) >= 11 is 0. The average molecular weight is 348 g/mol. The van der Waals surface area contributed by atoms with Crippen molar-refractivity contribution in [3.05, 3.63) is 64.8 Å². The van der Waals surface area contributed by atoms with Crippen LogP contribution in [0.4, 0.5) is 0 Å². The highest BCUT2D eigenvalue weighted by Gasteiger charge is 2.33. The molecule has 1 aliphatic rings. The zero-order chi connectivity index (χ0) is 18.3. The van der Waals surface area contributed by atoms with E-state index in [-0.39, 0.29) is 11.9 Å². The van der Waals surface area contributed by atoms with Crippen molar-refractivity contribution in [1.29, 1.82) is 0 Å². The summed E-state index contributed by atoms with van der Waals surface area (Å²) in [5.74, 6) is 1.34. The molecule has 1 fully saturated rings. The first-order valence-corrected chi connectivity index (χ1v) is 9.10. The predicted octanol–water partition coefficient (Wildman–Crippen LogP) is 4.67. The van der Waals surface area contributed by atoms with Gasteiger partial charge in [0.05, 0.1) is 13.2 Å². The lowest BCUT2D eigenvalue weighted by molar-refractivity contribution is 0.0932. The van der Waals surface area contributed by atoms with Crippen LogP contribution >= 0.6 is 0 Å². The third kappa shape index (κ3) is 3.07. The van der Waals surface area contributed by atoms with Crippen LogP contribution in [0.3, 0.4) is 0 Å². The summed E-state index contributed by atoms with van der Waals surface area (Å²) < 4.78 is 5.24. The molecule has 0 bridgehead atoms. The largest absolute Gasteiger partial charge is 0.497 e. The molecule has 3 aromatic rings. The first-order chi connectivity index (χ1) is 12.6. The van der Waals surface area contributed by atoms with E-state index in [1.807, 2.05) is 42.5 Å². The monoisotopic (exact) mass is 348 g/mol. The van der Waals surface area contributed by atoms with Crippen molar-refractivity contribution in [2.75, 3.05) is 7.11 Å². The number of aryl methyl sites for hydroxylation is 2. The van der Waals surface area contributed by atoms with Gasteiger partial charge < -0.3 is 15.0 Å². The molecule has 2 aromatic carbocycles. The SMILES string of the molecule is COc1ccc([C@@H](NC(=O)c2ccc3[nH]c(C)c(C)c3c2)C2CC2)cc1. The number of carbonyl (C=O) groups is 1. The molecule has 1 atom stereocenters. The Kier molecular flexibility index (Phi) is 4.19. The molecular formula is C22H24N2O2. The van der Waals surface area contributed by atoms with Gasteiger partial charge in [-0.15, -0.1) is 0 Å². The van der Waals surface area contributed by atoms with E-state index in [2.05, 4.69) is 24.1 Å². The topological polar surface area (TPSA) is 54.1 Å². The zero-order valence-corrected chi connectivity index (χ0v) is 15.4. The quantitative estimate of drug-likeness (QED) is 0.704. The van der Waals surface area contributed by atoms with Crippen LogP contribution < -0.4 is 10.1 Å². The van der Waals surface area contributed by atoms with Gasteiger partial charge in [-0.2, -0.15) is 0 Å². The third-order valence-electron chi connectivity index (χ3n) is 5.43. The summed E-state index contributed by atoms with van der Waals surface area (Å²) in [4.78, 5) is 16.3. The van der Waals surface area contributed by atoms with Crippen molar-refractivity contribution in [2.24, 2.45) is 5.92 Å². The van der Waals surface area contributed by atoms with Crippen LogP contribution in [0.2, 0.25) is 0 Å². The van der Waals surface area contributed by atoms with Crippen LogP contribution in [-0.2, 0) is 0 Å². The summed E-state index contributed by atoms with van der Waals surface area (Å²) in [6, 6.07) is 13.9. The number of benzene rings is 2. The Labute approximate surface area is 153 Å². The van der Waals surface area contributed by atoms with Gasteiger partial charge in [-0.25, -0.2) is 0 Å². The maximum Gasteiger partial charge on any atom is 0.251 e. The number of amides is 1. The molecule has 0 saturated heterocycles. The van der Waals surface area contributed by atoms with E-state index in [1.165, 1.54) is 5.56 Å². The number of rotatable bonds is 5. The fourth-order valence-corrected chi connectivity index (χ4v) is 3.54. The van der Waals surface area contributed by atoms with Gasteiger partial charge in [0.15, 0.2) is 0 Å². The van der Waals surface area contributed by atoms with Crippen molar-refractivity contribution >= 4 is 16.8 Å². The molecule has 1 aromatic heterocycles. The predicted molar refractivity (Wildman–Crippen MR) is 104 cm³/mol. The fraction of sp³-hybridized carbons (Fsp3) is 0.318. The maximum atomic E-state index is 12.9. The minimum atomic E-state index is -0.0159. The highest BCUT2D eigenvalue weighted by atomic mass is 16.5. The summed E-state index contributed by atoms with van der Waals surface area (Å²) in [6.07, 6.45) is 2.32. The van der Waals surface area contributed by atoms with Crippen LogP contribution in [0.25, 0.3) is 10.9 Å². The number of carbonyl (C=O) groups excluding carboxylic acids is 1. The van der Waals surface area contributed by atoms with Crippen molar-refractivity contribution in [1.82, 2.24) is 10.3 Å². The maximum absolute atomic E-state index is 12.9. The Morgan fingerprint density at radius 1 is 1.15 bits per heavy atom. The zero-order valence-electron chi connectivity index (χ0n) is 15.4. The number of hydrogen-bond donors (Lipinski definition) is 2. The molecule has 0 radical (unpaired) electrons. The second-order valence-corrected chi connectivity index (χ2v) is 7.20. The van der Waals surface area contributed by atoms with Gasteiger partial charge in [-0.3, -0.25) is 4.79 Å². The Morgan fingerprint density at radius 3 is 2.54 bits per heavy atom.